The van der Waals surface area contributed by atoms with E-state index in [0.717, 1.165) is 0 Å². The average Bonchev–Trinajstić information content (AvgIpc) is 1.96. The molecule has 0 aliphatic carbocycles. The van der Waals surface area contributed by atoms with E-state index in [1.54, 1.807) is 6.92 Å². The van der Waals surface area contributed by atoms with E-state index in [9.17, 15) is 9.59 Å². The van der Waals surface area contributed by atoms with Crippen molar-refractivity contribution >= 4 is 5.97 Å². The number of aryl methyl sites for hydroxylation is 1. The van der Waals surface area contributed by atoms with Gasteiger partial charge in [-0.2, -0.15) is 5.10 Å². The van der Waals surface area contributed by atoms with Crippen LogP contribution in [-0.4, -0.2) is 21.3 Å². The second-order valence-corrected chi connectivity index (χ2v) is 2.43. The quantitative estimate of drug-likeness (QED) is 0.635. The van der Waals surface area contributed by atoms with Gasteiger partial charge in [-0.25, -0.2) is 5.10 Å². The monoisotopic (exact) mass is 168 g/mol. The van der Waals surface area contributed by atoms with E-state index in [-0.39, 0.29) is 12.0 Å². The highest BCUT2D eigenvalue weighted by atomic mass is 16.4. The van der Waals surface area contributed by atoms with Crippen LogP contribution in [0.15, 0.2) is 10.9 Å². The fourth-order valence-corrected chi connectivity index (χ4v) is 0.855. The number of nitrogens with one attached hydrogen (secondary N) is 1. The van der Waals surface area contributed by atoms with Gasteiger partial charge in [-0.15, -0.1) is 0 Å². The Labute approximate surface area is 68.1 Å². The van der Waals surface area contributed by atoms with Crippen molar-refractivity contribution in [3.8, 4) is 0 Å². The van der Waals surface area contributed by atoms with Gasteiger partial charge >= 0.3 is 5.97 Å². The minimum Gasteiger partial charge on any atom is -0.481 e. The summed E-state index contributed by atoms with van der Waals surface area (Å²) in [6.07, 6.45) is -0.265. The summed E-state index contributed by atoms with van der Waals surface area (Å²) in [5.74, 6) is -1.02. The number of nitrogens with zero attached hydrogens (tertiary/aromatic N) is 1. The van der Waals surface area contributed by atoms with Crippen molar-refractivity contribution in [3.05, 3.63) is 27.7 Å². The van der Waals surface area contributed by atoms with E-state index in [1.807, 2.05) is 0 Å². The molecule has 0 saturated carbocycles. The number of H-pyrrole nitrogens is 1. The predicted octanol–water partition coefficient (Wildman–Crippen LogP) is -0.295. The number of carboxylic acid groups (broad SMARTS) is 1. The molecule has 12 heavy (non-hydrogen) atoms. The first-order chi connectivity index (χ1) is 5.59. The molecule has 0 bridgehead atoms. The van der Waals surface area contributed by atoms with Gasteiger partial charge in [0, 0.05) is 5.56 Å². The van der Waals surface area contributed by atoms with Crippen LogP contribution in [0.3, 0.4) is 0 Å². The summed E-state index contributed by atoms with van der Waals surface area (Å²) >= 11 is 0. The number of carbonyl (C=O) groups is 1. The first kappa shape index (κ1) is 8.45. The third kappa shape index (κ3) is 1.91. The lowest BCUT2D eigenvalue weighted by atomic mass is 10.2. The van der Waals surface area contributed by atoms with Crippen molar-refractivity contribution in [2.24, 2.45) is 0 Å². The standard InChI is InChI=1S/C7H8N2O3/c1-4-2-5(3-6(10)11)7(12)9-8-4/h2H,3H2,1H3,(H,9,12)(H,10,11). The molecule has 2 N–H and O–H groups in total. The Balaban J connectivity index is 3.06. The molecule has 0 atom stereocenters. The molecule has 64 valence electrons. The van der Waals surface area contributed by atoms with Crippen LogP contribution in [0.25, 0.3) is 0 Å². The molecule has 0 radical (unpaired) electrons. The molecule has 0 unspecified atom stereocenters. The molecule has 0 saturated heterocycles. The molecule has 1 aromatic rings. The van der Waals surface area contributed by atoms with Crippen LogP contribution in [0, 0.1) is 6.92 Å². The van der Waals surface area contributed by atoms with Gasteiger partial charge < -0.3 is 5.11 Å². The number of hydrogen-bond donors (Lipinski definition) is 2. The maximum Gasteiger partial charge on any atom is 0.308 e. The Bertz CT molecular complexity index is 356. The van der Waals surface area contributed by atoms with Crippen LogP contribution in [0.2, 0.25) is 0 Å². The summed E-state index contributed by atoms with van der Waals surface area (Å²) in [6, 6.07) is 1.47. The third-order valence-corrected chi connectivity index (χ3v) is 1.35. The number of aromatic nitrogens is 2. The Morgan fingerprint density at radius 1 is 1.75 bits per heavy atom. The molecule has 0 aliphatic rings. The van der Waals surface area contributed by atoms with Crippen molar-refractivity contribution in [2.45, 2.75) is 13.3 Å². The van der Waals surface area contributed by atoms with Crippen LogP contribution in [-0.2, 0) is 11.2 Å². The van der Waals surface area contributed by atoms with Gasteiger partial charge in [0.1, 0.15) is 0 Å². The Morgan fingerprint density at radius 3 is 3.00 bits per heavy atom. The van der Waals surface area contributed by atoms with Gasteiger partial charge in [0.15, 0.2) is 0 Å². The maximum atomic E-state index is 10.9. The summed E-state index contributed by atoms with van der Waals surface area (Å²) in [5.41, 5.74) is 0.392. The number of aromatic amines is 1. The first-order valence-electron chi connectivity index (χ1n) is 3.36. The maximum absolute atomic E-state index is 10.9. The van der Waals surface area contributed by atoms with Gasteiger partial charge in [0.2, 0.25) is 0 Å². The van der Waals surface area contributed by atoms with Crippen molar-refractivity contribution in [2.75, 3.05) is 0 Å². The first-order valence-corrected chi connectivity index (χ1v) is 3.36. The topological polar surface area (TPSA) is 83.0 Å². The summed E-state index contributed by atoms with van der Waals surface area (Å²) < 4.78 is 0. The van der Waals surface area contributed by atoms with Gasteiger partial charge in [-0.1, -0.05) is 0 Å². The third-order valence-electron chi connectivity index (χ3n) is 1.35. The highest BCUT2D eigenvalue weighted by Crippen LogP contribution is 1.93. The zero-order valence-corrected chi connectivity index (χ0v) is 6.50. The average molecular weight is 168 g/mol. The summed E-state index contributed by atoms with van der Waals surface area (Å²) in [5, 5.41) is 14.2. The zero-order chi connectivity index (χ0) is 9.14. The second kappa shape index (κ2) is 3.17. The molecule has 0 fully saturated rings. The predicted molar refractivity (Wildman–Crippen MR) is 40.9 cm³/mol. The lowest BCUT2D eigenvalue weighted by Gasteiger charge is -1.95. The van der Waals surface area contributed by atoms with Crippen LogP contribution in [0.5, 0.6) is 0 Å². The summed E-state index contributed by atoms with van der Waals surface area (Å²) in [4.78, 5) is 21.2. The van der Waals surface area contributed by atoms with Gasteiger partial charge in [0.05, 0.1) is 12.1 Å². The van der Waals surface area contributed by atoms with Crippen LogP contribution >= 0.6 is 0 Å². The summed E-state index contributed by atoms with van der Waals surface area (Å²) in [6.45, 7) is 1.68. The molecule has 5 heteroatoms. The SMILES string of the molecule is Cc1cc(CC(=O)O)c(=O)[nH]n1. The van der Waals surface area contributed by atoms with E-state index in [1.165, 1.54) is 6.07 Å². The molecule has 0 aliphatic heterocycles. The molecular formula is C7H8N2O3. The molecular weight excluding hydrogens is 160 g/mol. The lowest BCUT2D eigenvalue weighted by molar-refractivity contribution is -0.136. The number of carboxylic acids is 1. The fourth-order valence-electron chi connectivity index (χ4n) is 0.855. The largest absolute Gasteiger partial charge is 0.481 e. The zero-order valence-electron chi connectivity index (χ0n) is 6.50. The van der Waals surface area contributed by atoms with E-state index in [4.69, 9.17) is 5.11 Å². The molecule has 0 amide bonds. The minimum absolute atomic E-state index is 0.231. The van der Waals surface area contributed by atoms with E-state index in [2.05, 4.69) is 10.2 Å². The second-order valence-electron chi connectivity index (χ2n) is 2.43. The van der Waals surface area contributed by atoms with Crippen molar-refractivity contribution in [1.29, 1.82) is 0 Å². The Morgan fingerprint density at radius 2 is 2.42 bits per heavy atom. The van der Waals surface area contributed by atoms with Crippen molar-refractivity contribution in [1.82, 2.24) is 10.2 Å². The Hall–Kier alpha value is -1.65. The molecule has 1 rings (SSSR count). The number of aliphatic carboxylic acids is 1. The molecule has 1 aromatic heterocycles. The number of rotatable bonds is 2. The lowest BCUT2D eigenvalue weighted by Crippen LogP contribution is -2.17. The highest BCUT2D eigenvalue weighted by molar-refractivity contribution is 5.69. The summed E-state index contributed by atoms with van der Waals surface area (Å²) in [7, 11) is 0. The van der Waals surface area contributed by atoms with E-state index >= 15 is 0 Å². The smallest absolute Gasteiger partial charge is 0.308 e. The molecule has 5 nitrogen and oxygen atoms in total. The minimum atomic E-state index is -1.02. The van der Waals surface area contributed by atoms with Crippen molar-refractivity contribution < 1.29 is 9.90 Å². The van der Waals surface area contributed by atoms with Gasteiger partial charge in [-0.05, 0) is 13.0 Å². The molecule has 0 spiro atoms. The van der Waals surface area contributed by atoms with Crippen LogP contribution < -0.4 is 5.56 Å². The van der Waals surface area contributed by atoms with Gasteiger partial charge in [-0.3, -0.25) is 9.59 Å². The van der Waals surface area contributed by atoms with Gasteiger partial charge in [0.25, 0.3) is 5.56 Å². The molecule has 1 heterocycles. The Kier molecular flexibility index (Phi) is 2.23. The van der Waals surface area contributed by atoms with E-state index < -0.39 is 11.5 Å². The normalized spacial score (nSPS) is 9.75. The molecule has 0 aromatic carbocycles. The number of hydrogen-bond acceptors (Lipinski definition) is 3. The van der Waals surface area contributed by atoms with Crippen molar-refractivity contribution in [3.63, 3.8) is 0 Å². The van der Waals surface area contributed by atoms with Crippen LogP contribution in [0.4, 0.5) is 0 Å². The van der Waals surface area contributed by atoms with Crippen LogP contribution in [0.1, 0.15) is 11.3 Å². The highest BCUT2D eigenvalue weighted by Gasteiger charge is 2.05. The fraction of sp³-hybridized carbons (Fsp3) is 0.286. The van der Waals surface area contributed by atoms with E-state index in [0.29, 0.717) is 5.69 Å².